The Morgan fingerprint density at radius 2 is 1.96 bits per heavy atom. The molecule has 0 aliphatic heterocycles. The standard InChI is InChI=1S/C19H12N2O5S/c1-25-13-7-5-11(6-8-13)15-10-27-18(20-15)14-9-12-3-2-4-16(21(23)24)17(12)26-19(14)22/h2-10H,1H3. The van der Waals surface area contributed by atoms with E-state index in [1.165, 1.54) is 17.4 Å². The summed E-state index contributed by atoms with van der Waals surface area (Å²) in [6.07, 6.45) is 0. The quantitative estimate of drug-likeness (QED) is 0.294. The third kappa shape index (κ3) is 3.06. The zero-order chi connectivity index (χ0) is 19.0. The second-order valence-electron chi connectivity index (χ2n) is 5.67. The minimum atomic E-state index is -0.660. The van der Waals surface area contributed by atoms with Crippen molar-refractivity contribution < 1.29 is 14.1 Å². The largest absolute Gasteiger partial charge is 0.497 e. The summed E-state index contributed by atoms with van der Waals surface area (Å²) < 4.78 is 10.4. The van der Waals surface area contributed by atoms with E-state index in [0.717, 1.165) is 17.0 Å². The molecule has 2 heterocycles. The number of para-hydroxylation sites is 1. The summed E-state index contributed by atoms with van der Waals surface area (Å²) in [6, 6.07) is 13.5. The first-order valence-corrected chi connectivity index (χ1v) is 8.76. The van der Waals surface area contributed by atoms with Crippen molar-refractivity contribution in [2.24, 2.45) is 0 Å². The average molecular weight is 380 g/mol. The molecule has 0 atom stereocenters. The van der Waals surface area contributed by atoms with Gasteiger partial charge in [-0.05, 0) is 30.3 Å². The third-order valence-corrected chi connectivity index (χ3v) is 4.93. The first-order valence-electron chi connectivity index (χ1n) is 7.88. The van der Waals surface area contributed by atoms with Gasteiger partial charge in [-0.1, -0.05) is 12.1 Å². The summed E-state index contributed by atoms with van der Waals surface area (Å²) in [6.45, 7) is 0. The molecule has 0 aliphatic rings. The van der Waals surface area contributed by atoms with Crippen molar-refractivity contribution in [1.29, 1.82) is 0 Å². The molecule has 0 amide bonds. The van der Waals surface area contributed by atoms with Crippen molar-refractivity contribution in [3.8, 4) is 27.6 Å². The molecule has 0 unspecified atom stereocenters. The molecular formula is C19H12N2O5S. The molecule has 0 fully saturated rings. The summed E-state index contributed by atoms with van der Waals surface area (Å²) in [5.41, 5.74) is 0.938. The Hall–Kier alpha value is -3.52. The minimum absolute atomic E-state index is 0.0387. The van der Waals surface area contributed by atoms with E-state index in [9.17, 15) is 14.9 Å². The molecule has 0 saturated carbocycles. The molecule has 0 aliphatic carbocycles. The molecule has 4 rings (SSSR count). The van der Waals surface area contributed by atoms with E-state index in [4.69, 9.17) is 9.15 Å². The van der Waals surface area contributed by atoms with Crippen LogP contribution in [-0.2, 0) is 0 Å². The van der Waals surface area contributed by atoms with Crippen molar-refractivity contribution in [3.63, 3.8) is 0 Å². The molecule has 4 aromatic rings. The molecule has 0 radical (unpaired) electrons. The molecule has 134 valence electrons. The number of nitro groups is 1. The van der Waals surface area contributed by atoms with Crippen LogP contribution in [0, 0.1) is 10.1 Å². The molecular weight excluding hydrogens is 368 g/mol. The van der Waals surface area contributed by atoms with Crippen LogP contribution in [0.4, 0.5) is 5.69 Å². The van der Waals surface area contributed by atoms with Gasteiger partial charge in [0.05, 0.1) is 23.3 Å². The monoisotopic (exact) mass is 380 g/mol. The van der Waals surface area contributed by atoms with Gasteiger partial charge < -0.3 is 9.15 Å². The molecule has 8 heteroatoms. The lowest BCUT2D eigenvalue weighted by molar-refractivity contribution is -0.383. The van der Waals surface area contributed by atoms with E-state index in [1.807, 2.05) is 29.6 Å². The van der Waals surface area contributed by atoms with E-state index >= 15 is 0 Å². The van der Waals surface area contributed by atoms with Gasteiger partial charge in [0.1, 0.15) is 10.8 Å². The summed E-state index contributed by atoms with van der Waals surface area (Å²) in [5.74, 6) is 0.742. The lowest BCUT2D eigenvalue weighted by Crippen LogP contribution is -2.03. The number of ether oxygens (including phenoxy) is 1. The molecule has 0 bridgehead atoms. The topological polar surface area (TPSA) is 95.5 Å². The van der Waals surface area contributed by atoms with Gasteiger partial charge in [0, 0.05) is 22.4 Å². The Balaban J connectivity index is 1.79. The van der Waals surface area contributed by atoms with Gasteiger partial charge in [-0.25, -0.2) is 9.78 Å². The fraction of sp³-hybridized carbons (Fsp3) is 0.0526. The van der Waals surface area contributed by atoms with Crippen LogP contribution < -0.4 is 10.4 Å². The van der Waals surface area contributed by atoms with Gasteiger partial charge in [-0.15, -0.1) is 11.3 Å². The number of nitro benzene ring substituents is 1. The number of thiazole rings is 1. The van der Waals surface area contributed by atoms with Crippen molar-refractivity contribution >= 4 is 28.0 Å². The van der Waals surface area contributed by atoms with Crippen molar-refractivity contribution in [2.45, 2.75) is 0 Å². The predicted molar refractivity (Wildman–Crippen MR) is 102 cm³/mol. The molecule has 2 aromatic heterocycles. The van der Waals surface area contributed by atoms with Crippen LogP contribution in [0.25, 0.3) is 32.8 Å². The summed E-state index contributed by atoms with van der Waals surface area (Å²) in [5, 5.41) is 13.9. The van der Waals surface area contributed by atoms with Crippen LogP contribution in [0.5, 0.6) is 5.75 Å². The fourth-order valence-electron chi connectivity index (χ4n) is 2.71. The van der Waals surface area contributed by atoms with Gasteiger partial charge in [0.25, 0.3) is 0 Å². The highest BCUT2D eigenvalue weighted by Gasteiger charge is 2.18. The molecule has 2 aromatic carbocycles. The number of hydrogen-bond donors (Lipinski definition) is 0. The Kier molecular flexibility index (Phi) is 4.17. The van der Waals surface area contributed by atoms with Crippen LogP contribution >= 0.6 is 11.3 Å². The lowest BCUT2D eigenvalue weighted by Gasteiger charge is -2.01. The van der Waals surface area contributed by atoms with Crippen molar-refractivity contribution in [2.75, 3.05) is 7.11 Å². The Morgan fingerprint density at radius 1 is 1.19 bits per heavy atom. The Labute approximate surface area is 156 Å². The first-order chi connectivity index (χ1) is 13.1. The van der Waals surface area contributed by atoms with Crippen LogP contribution in [0.1, 0.15) is 0 Å². The molecule has 0 saturated heterocycles. The highest BCUT2D eigenvalue weighted by atomic mass is 32.1. The summed E-state index contributed by atoms with van der Waals surface area (Å²) in [7, 11) is 1.60. The third-order valence-electron chi connectivity index (χ3n) is 4.06. The number of hydrogen-bond acceptors (Lipinski definition) is 7. The number of nitrogens with zero attached hydrogens (tertiary/aromatic N) is 2. The van der Waals surface area contributed by atoms with E-state index in [-0.39, 0.29) is 16.8 Å². The predicted octanol–water partition coefficient (Wildman–Crippen LogP) is 4.50. The van der Waals surface area contributed by atoms with Gasteiger partial charge in [-0.2, -0.15) is 0 Å². The van der Waals surface area contributed by atoms with E-state index in [2.05, 4.69) is 4.98 Å². The van der Waals surface area contributed by atoms with Gasteiger partial charge >= 0.3 is 11.3 Å². The van der Waals surface area contributed by atoms with Crippen LogP contribution in [0.15, 0.2) is 63.1 Å². The van der Waals surface area contributed by atoms with Crippen LogP contribution in [0.2, 0.25) is 0 Å². The van der Waals surface area contributed by atoms with Gasteiger partial charge in [0.2, 0.25) is 5.58 Å². The molecule has 7 nitrogen and oxygen atoms in total. The minimum Gasteiger partial charge on any atom is -0.497 e. The number of benzene rings is 2. The maximum Gasteiger partial charge on any atom is 0.346 e. The normalized spacial score (nSPS) is 10.9. The lowest BCUT2D eigenvalue weighted by atomic mass is 10.1. The fourth-order valence-corrected chi connectivity index (χ4v) is 3.55. The highest BCUT2D eigenvalue weighted by molar-refractivity contribution is 7.13. The zero-order valence-electron chi connectivity index (χ0n) is 14.0. The maximum absolute atomic E-state index is 12.4. The van der Waals surface area contributed by atoms with E-state index in [1.54, 1.807) is 25.3 Å². The smallest absolute Gasteiger partial charge is 0.346 e. The first kappa shape index (κ1) is 16.9. The number of aromatic nitrogens is 1. The number of rotatable bonds is 4. The van der Waals surface area contributed by atoms with E-state index < -0.39 is 10.5 Å². The Bertz CT molecular complexity index is 1210. The summed E-state index contributed by atoms with van der Waals surface area (Å²) in [4.78, 5) is 27.5. The average Bonchev–Trinajstić information content (AvgIpc) is 3.17. The maximum atomic E-state index is 12.4. The van der Waals surface area contributed by atoms with Crippen LogP contribution in [-0.4, -0.2) is 17.0 Å². The Morgan fingerprint density at radius 3 is 2.67 bits per heavy atom. The second kappa shape index (κ2) is 6.65. The second-order valence-corrected chi connectivity index (χ2v) is 6.52. The van der Waals surface area contributed by atoms with Gasteiger partial charge in [0.15, 0.2) is 0 Å². The SMILES string of the molecule is COc1ccc(-c2csc(-c3cc4cccc([N+](=O)[O-])c4oc3=O)n2)cc1. The van der Waals surface area contributed by atoms with Crippen molar-refractivity contribution in [3.05, 3.63) is 74.4 Å². The van der Waals surface area contributed by atoms with Gasteiger partial charge in [-0.3, -0.25) is 10.1 Å². The number of methoxy groups -OCH3 is 1. The molecule has 27 heavy (non-hydrogen) atoms. The van der Waals surface area contributed by atoms with Crippen LogP contribution in [0.3, 0.4) is 0 Å². The van der Waals surface area contributed by atoms with E-state index in [0.29, 0.717) is 10.4 Å². The number of non-ortho nitro benzene ring substituents is 1. The number of fused-ring (bicyclic) bond motifs is 1. The molecule has 0 spiro atoms. The molecule has 0 N–H and O–H groups in total. The highest BCUT2D eigenvalue weighted by Crippen LogP contribution is 2.31. The summed E-state index contributed by atoms with van der Waals surface area (Å²) >= 11 is 1.30. The van der Waals surface area contributed by atoms with Crippen molar-refractivity contribution in [1.82, 2.24) is 4.98 Å². The zero-order valence-corrected chi connectivity index (χ0v) is 14.9.